The van der Waals surface area contributed by atoms with Crippen molar-refractivity contribution in [1.82, 2.24) is 0 Å². The van der Waals surface area contributed by atoms with Crippen LogP contribution >= 0.6 is 11.6 Å². The van der Waals surface area contributed by atoms with Gasteiger partial charge < -0.3 is 21.9 Å². The summed E-state index contributed by atoms with van der Waals surface area (Å²) >= 11 is 5.49. The molecule has 0 aliphatic rings. The molecule has 0 spiro atoms. The highest BCUT2D eigenvalue weighted by Crippen LogP contribution is 2.24. The lowest BCUT2D eigenvalue weighted by Crippen LogP contribution is -2.06. The molecule has 162 valence electrons. The molecule has 0 saturated carbocycles. The number of unbranched alkanes of at least 4 members (excludes halogenated alkanes) is 1. The third-order valence-electron chi connectivity index (χ3n) is 3.32. The highest BCUT2D eigenvalue weighted by Gasteiger charge is 2.13. The molecule has 0 amide bonds. The first-order chi connectivity index (χ1) is 13.3. The second kappa shape index (κ2) is 10.5. The number of nitrogens with two attached hydrogens (primary N) is 3. The smallest absolute Gasteiger partial charge is 0.296 e. The fraction of sp³-hybridized carbons (Fsp3) is 0.250. The Balaban J connectivity index is 0.000000308. The molecule has 0 radical (unpaired) electrons. The Morgan fingerprint density at radius 1 is 0.897 bits per heavy atom. The zero-order valence-corrected chi connectivity index (χ0v) is 17.5. The minimum atomic E-state index is -4.27. The monoisotopic (exact) mass is 467 g/mol. The van der Waals surface area contributed by atoms with Gasteiger partial charge in [0.2, 0.25) is 0 Å². The number of nitrogen functional groups attached to an aromatic ring is 3. The van der Waals surface area contributed by atoms with E-state index in [0.717, 1.165) is 6.07 Å². The molecule has 10 nitrogen and oxygen atoms in total. The van der Waals surface area contributed by atoms with E-state index in [1.54, 1.807) is 18.2 Å². The van der Waals surface area contributed by atoms with E-state index in [0.29, 0.717) is 36.6 Å². The predicted octanol–water partition coefficient (Wildman–Crippen LogP) is 2.07. The quantitative estimate of drug-likeness (QED) is 0.228. The van der Waals surface area contributed by atoms with E-state index in [9.17, 15) is 16.8 Å². The second-order valence-electron chi connectivity index (χ2n) is 5.80. The Bertz CT molecular complexity index is 1040. The topological polar surface area (TPSA) is 196 Å². The minimum Gasteiger partial charge on any atom is -0.491 e. The predicted molar refractivity (Wildman–Crippen MR) is 112 cm³/mol. The maximum Gasteiger partial charge on any atom is 0.296 e. The van der Waals surface area contributed by atoms with Gasteiger partial charge in [-0.25, -0.2) is 0 Å². The lowest BCUT2D eigenvalue weighted by atomic mass is 10.2. The van der Waals surface area contributed by atoms with Gasteiger partial charge in [0.1, 0.15) is 10.6 Å². The van der Waals surface area contributed by atoms with Crippen molar-refractivity contribution in [2.75, 3.05) is 29.6 Å². The van der Waals surface area contributed by atoms with Crippen molar-refractivity contribution in [3.8, 4) is 5.75 Å². The zero-order chi connectivity index (χ0) is 22.2. The number of halogens is 1. The van der Waals surface area contributed by atoms with E-state index in [1.807, 2.05) is 0 Å². The van der Waals surface area contributed by atoms with Gasteiger partial charge in [0, 0.05) is 17.4 Å². The summed E-state index contributed by atoms with van der Waals surface area (Å²) in [6.45, 7) is 0.323. The summed E-state index contributed by atoms with van der Waals surface area (Å²) in [4.78, 5) is -0.371. The van der Waals surface area contributed by atoms with Crippen LogP contribution in [0.5, 0.6) is 5.75 Å². The number of ether oxygens (including phenoxy) is 1. The number of hydrogen-bond donors (Lipinski definition) is 5. The van der Waals surface area contributed by atoms with Crippen molar-refractivity contribution in [2.24, 2.45) is 0 Å². The van der Waals surface area contributed by atoms with Gasteiger partial charge in [-0.1, -0.05) is 11.6 Å². The van der Waals surface area contributed by atoms with Crippen LogP contribution in [-0.2, 0) is 20.2 Å². The molecule has 2 rings (SSSR count). The lowest BCUT2D eigenvalue weighted by Gasteiger charge is -2.09. The van der Waals surface area contributed by atoms with Crippen LogP contribution in [0.15, 0.2) is 41.3 Å². The lowest BCUT2D eigenvalue weighted by molar-refractivity contribution is 0.311. The van der Waals surface area contributed by atoms with Gasteiger partial charge in [0.25, 0.3) is 20.2 Å². The van der Waals surface area contributed by atoms with Crippen molar-refractivity contribution in [3.05, 3.63) is 41.4 Å². The molecule has 0 aromatic heterocycles. The van der Waals surface area contributed by atoms with Gasteiger partial charge in [0.05, 0.1) is 23.1 Å². The summed E-state index contributed by atoms with van der Waals surface area (Å²) in [5.74, 6) is 0.222. The zero-order valence-electron chi connectivity index (χ0n) is 15.2. The van der Waals surface area contributed by atoms with Gasteiger partial charge in [-0.3, -0.25) is 9.11 Å². The van der Waals surface area contributed by atoms with E-state index < -0.39 is 20.2 Å². The largest absolute Gasteiger partial charge is 0.491 e. The van der Waals surface area contributed by atoms with Crippen LogP contribution in [-0.4, -0.2) is 38.3 Å². The van der Waals surface area contributed by atoms with Gasteiger partial charge in [0.15, 0.2) is 0 Å². The van der Waals surface area contributed by atoms with Gasteiger partial charge in [-0.2, -0.15) is 16.8 Å². The Hall–Kier alpha value is -2.25. The molecule has 29 heavy (non-hydrogen) atoms. The van der Waals surface area contributed by atoms with E-state index in [2.05, 4.69) is 0 Å². The molecule has 2 aromatic rings. The Labute approximate surface area is 174 Å². The highest BCUT2D eigenvalue weighted by molar-refractivity contribution is 7.86. The summed E-state index contributed by atoms with van der Waals surface area (Å²) in [5, 5.41) is -0.0494. The molecule has 0 fully saturated rings. The Kier molecular flexibility index (Phi) is 8.98. The second-order valence-corrected chi connectivity index (χ2v) is 9.17. The van der Waals surface area contributed by atoms with Crippen molar-refractivity contribution >= 4 is 48.9 Å². The Morgan fingerprint density at radius 3 is 2.03 bits per heavy atom. The molecule has 0 bridgehead atoms. The number of anilines is 3. The fourth-order valence-electron chi connectivity index (χ4n) is 1.96. The van der Waals surface area contributed by atoms with Crippen LogP contribution in [0, 0.1) is 0 Å². The molecule has 0 atom stereocenters. The standard InChI is InChI=1S/C10H16N2O4S.C6H6ClNO3S/c11-8-3-4-9(12)10(7-8)16-5-1-2-6-17(13,14)15;7-5-2-1-4(8)3-6(5)12(9,10)11/h3-4,7H,1-2,5-6,11-12H2,(H,13,14,15);1-3H,8H2,(H,9,10,11). The highest BCUT2D eigenvalue weighted by atomic mass is 35.5. The van der Waals surface area contributed by atoms with E-state index in [-0.39, 0.29) is 21.4 Å². The maximum absolute atomic E-state index is 10.6. The van der Waals surface area contributed by atoms with Crippen LogP contribution < -0.4 is 21.9 Å². The molecule has 13 heteroatoms. The summed E-state index contributed by atoms with van der Waals surface area (Å²) < 4.78 is 64.6. The van der Waals surface area contributed by atoms with Crippen molar-refractivity contribution in [1.29, 1.82) is 0 Å². The number of hydrogen-bond acceptors (Lipinski definition) is 8. The van der Waals surface area contributed by atoms with Crippen LogP contribution in [0.2, 0.25) is 5.02 Å². The minimum absolute atomic E-state index is 0.0494. The summed E-state index contributed by atoms with van der Waals surface area (Å²) in [5.41, 5.74) is 17.8. The maximum atomic E-state index is 10.6. The van der Waals surface area contributed by atoms with Crippen LogP contribution in [0.4, 0.5) is 17.1 Å². The average Bonchev–Trinajstić information content (AvgIpc) is 2.58. The van der Waals surface area contributed by atoms with Crippen LogP contribution in [0.1, 0.15) is 12.8 Å². The molecule has 8 N–H and O–H groups in total. The van der Waals surface area contributed by atoms with Crippen molar-refractivity contribution in [3.63, 3.8) is 0 Å². The third kappa shape index (κ3) is 9.67. The van der Waals surface area contributed by atoms with Crippen molar-refractivity contribution < 1.29 is 30.7 Å². The average molecular weight is 468 g/mol. The fourth-order valence-corrected chi connectivity index (χ4v) is 3.54. The summed E-state index contributed by atoms with van der Waals surface area (Å²) in [6.07, 6.45) is 0.842. The summed E-state index contributed by atoms with van der Waals surface area (Å²) in [6, 6.07) is 8.76. The molecule has 0 aliphatic carbocycles. The molecular formula is C16H22ClN3O7S2. The van der Waals surface area contributed by atoms with Gasteiger partial charge in [-0.15, -0.1) is 0 Å². The van der Waals surface area contributed by atoms with E-state index >= 15 is 0 Å². The van der Waals surface area contributed by atoms with Crippen molar-refractivity contribution in [2.45, 2.75) is 17.7 Å². The molecule has 0 unspecified atom stereocenters. The summed E-state index contributed by atoms with van der Waals surface area (Å²) in [7, 11) is -8.15. The Morgan fingerprint density at radius 2 is 1.48 bits per heavy atom. The van der Waals surface area contributed by atoms with E-state index in [4.69, 9.17) is 42.6 Å². The first kappa shape index (κ1) is 24.8. The van der Waals surface area contributed by atoms with Gasteiger partial charge >= 0.3 is 0 Å². The molecule has 0 aliphatic heterocycles. The number of rotatable bonds is 7. The SMILES string of the molecule is Nc1ccc(Cl)c(S(=O)(=O)O)c1.Nc1ccc(N)c(OCCCCS(=O)(=O)O)c1. The van der Waals surface area contributed by atoms with E-state index in [1.165, 1.54) is 12.1 Å². The third-order valence-corrected chi connectivity index (χ3v) is 5.46. The van der Waals surface area contributed by atoms with Crippen LogP contribution in [0.25, 0.3) is 0 Å². The van der Waals surface area contributed by atoms with Crippen LogP contribution in [0.3, 0.4) is 0 Å². The normalized spacial score (nSPS) is 11.4. The van der Waals surface area contributed by atoms with Gasteiger partial charge in [-0.05, 0) is 43.2 Å². The molecule has 0 saturated heterocycles. The first-order valence-electron chi connectivity index (χ1n) is 8.05. The molecule has 0 heterocycles. The first-order valence-corrected chi connectivity index (χ1v) is 11.5. The number of benzene rings is 2. The molecule has 2 aromatic carbocycles. The molecular weight excluding hydrogens is 446 g/mol.